The Morgan fingerprint density at radius 2 is 1.74 bits per heavy atom. The van der Waals surface area contributed by atoms with Gasteiger partial charge in [-0.15, -0.1) is 0 Å². The standard InChI is InChI=1S/C16H12Cl2O/c17-13-6-7-15(18)14(9-13)16(19)12-5-4-10-2-1-3-11(10)8-12/h4-9H,1-3H2. The third-order valence-electron chi connectivity index (χ3n) is 3.53. The van der Waals surface area contributed by atoms with Crippen LogP contribution in [-0.2, 0) is 12.8 Å². The molecule has 0 aromatic heterocycles. The minimum absolute atomic E-state index is 0.0674. The van der Waals surface area contributed by atoms with Crippen LogP contribution in [0.3, 0.4) is 0 Å². The summed E-state index contributed by atoms with van der Waals surface area (Å²) in [5, 5.41) is 0.962. The molecule has 0 bridgehead atoms. The minimum Gasteiger partial charge on any atom is -0.289 e. The number of hydrogen-bond donors (Lipinski definition) is 0. The van der Waals surface area contributed by atoms with E-state index in [-0.39, 0.29) is 5.78 Å². The number of benzene rings is 2. The molecular weight excluding hydrogens is 279 g/mol. The van der Waals surface area contributed by atoms with Crippen LogP contribution in [0.1, 0.15) is 33.5 Å². The zero-order valence-corrected chi connectivity index (χ0v) is 11.8. The van der Waals surface area contributed by atoms with Crippen molar-refractivity contribution in [1.29, 1.82) is 0 Å². The van der Waals surface area contributed by atoms with Crippen LogP contribution in [0.25, 0.3) is 0 Å². The Hall–Kier alpha value is -1.31. The van der Waals surface area contributed by atoms with Crippen molar-refractivity contribution in [3.05, 3.63) is 68.7 Å². The highest BCUT2D eigenvalue weighted by Crippen LogP contribution is 2.27. The van der Waals surface area contributed by atoms with Crippen molar-refractivity contribution >= 4 is 29.0 Å². The normalized spacial score (nSPS) is 13.4. The van der Waals surface area contributed by atoms with E-state index in [4.69, 9.17) is 23.2 Å². The van der Waals surface area contributed by atoms with Gasteiger partial charge in [0.25, 0.3) is 0 Å². The first-order valence-electron chi connectivity index (χ1n) is 6.27. The molecule has 0 radical (unpaired) electrons. The fraction of sp³-hybridized carbons (Fsp3) is 0.188. The fourth-order valence-corrected chi connectivity index (χ4v) is 2.92. The predicted octanol–water partition coefficient (Wildman–Crippen LogP) is 4.71. The third-order valence-corrected chi connectivity index (χ3v) is 4.10. The summed E-state index contributed by atoms with van der Waals surface area (Å²) in [7, 11) is 0. The number of aryl methyl sites for hydroxylation is 2. The van der Waals surface area contributed by atoms with Gasteiger partial charge in [0.2, 0.25) is 0 Å². The quantitative estimate of drug-likeness (QED) is 0.732. The maximum Gasteiger partial charge on any atom is 0.194 e. The van der Waals surface area contributed by atoms with Gasteiger partial charge in [-0.2, -0.15) is 0 Å². The Labute approximate surface area is 122 Å². The predicted molar refractivity (Wildman–Crippen MR) is 78.4 cm³/mol. The second kappa shape index (κ2) is 4.99. The van der Waals surface area contributed by atoms with Crippen molar-refractivity contribution in [3.63, 3.8) is 0 Å². The molecule has 19 heavy (non-hydrogen) atoms. The van der Waals surface area contributed by atoms with Crippen LogP contribution in [-0.4, -0.2) is 5.78 Å². The zero-order chi connectivity index (χ0) is 13.4. The number of halogens is 2. The SMILES string of the molecule is O=C(c1ccc2c(c1)CCC2)c1cc(Cl)ccc1Cl. The first-order valence-corrected chi connectivity index (χ1v) is 7.02. The Balaban J connectivity index is 2.02. The average molecular weight is 291 g/mol. The fourth-order valence-electron chi connectivity index (χ4n) is 2.54. The Kier molecular flexibility index (Phi) is 3.34. The molecule has 0 atom stereocenters. The molecular formula is C16H12Cl2O. The molecule has 3 rings (SSSR count). The molecule has 1 aliphatic rings. The summed E-state index contributed by atoms with van der Waals surface area (Å²) in [5.41, 5.74) is 3.79. The van der Waals surface area contributed by atoms with E-state index in [0.717, 1.165) is 12.8 Å². The molecule has 1 nitrogen and oxygen atoms in total. The van der Waals surface area contributed by atoms with Crippen molar-refractivity contribution in [1.82, 2.24) is 0 Å². The molecule has 0 saturated carbocycles. The lowest BCUT2D eigenvalue weighted by atomic mass is 9.99. The molecule has 2 aromatic carbocycles. The van der Waals surface area contributed by atoms with Crippen LogP contribution in [0.2, 0.25) is 10.0 Å². The third kappa shape index (κ3) is 2.41. The lowest BCUT2D eigenvalue weighted by molar-refractivity contribution is 0.103. The molecule has 0 aliphatic heterocycles. The van der Waals surface area contributed by atoms with Gasteiger partial charge in [0.1, 0.15) is 0 Å². The van der Waals surface area contributed by atoms with Gasteiger partial charge in [0.05, 0.1) is 5.02 Å². The van der Waals surface area contributed by atoms with Crippen molar-refractivity contribution < 1.29 is 4.79 Å². The minimum atomic E-state index is -0.0674. The lowest BCUT2D eigenvalue weighted by Crippen LogP contribution is -2.03. The van der Waals surface area contributed by atoms with Crippen LogP contribution >= 0.6 is 23.2 Å². The van der Waals surface area contributed by atoms with Gasteiger partial charge in [-0.25, -0.2) is 0 Å². The van der Waals surface area contributed by atoms with Gasteiger partial charge in [-0.3, -0.25) is 4.79 Å². The topological polar surface area (TPSA) is 17.1 Å². The highest BCUT2D eigenvalue weighted by atomic mass is 35.5. The van der Waals surface area contributed by atoms with Crippen LogP contribution in [0, 0.1) is 0 Å². The summed E-state index contributed by atoms with van der Waals surface area (Å²) in [5.74, 6) is -0.0674. The first-order chi connectivity index (χ1) is 9.15. The Morgan fingerprint density at radius 3 is 2.58 bits per heavy atom. The Bertz CT molecular complexity index is 662. The van der Waals surface area contributed by atoms with Crippen LogP contribution < -0.4 is 0 Å². The van der Waals surface area contributed by atoms with E-state index in [1.54, 1.807) is 18.2 Å². The van der Waals surface area contributed by atoms with Gasteiger partial charge in [-0.05, 0) is 54.7 Å². The van der Waals surface area contributed by atoms with Crippen LogP contribution in [0.4, 0.5) is 0 Å². The van der Waals surface area contributed by atoms with Crippen molar-refractivity contribution in [2.24, 2.45) is 0 Å². The van der Waals surface area contributed by atoms with E-state index in [0.29, 0.717) is 21.2 Å². The summed E-state index contributed by atoms with van der Waals surface area (Å²) in [6, 6.07) is 10.9. The second-order valence-electron chi connectivity index (χ2n) is 4.79. The van der Waals surface area contributed by atoms with Gasteiger partial charge < -0.3 is 0 Å². The summed E-state index contributed by atoms with van der Waals surface area (Å²) >= 11 is 12.0. The summed E-state index contributed by atoms with van der Waals surface area (Å²) in [6.07, 6.45) is 3.34. The van der Waals surface area contributed by atoms with E-state index in [2.05, 4.69) is 0 Å². The van der Waals surface area contributed by atoms with E-state index in [1.165, 1.54) is 17.5 Å². The second-order valence-corrected chi connectivity index (χ2v) is 5.63. The monoisotopic (exact) mass is 290 g/mol. The smallest absolute Gasteiger partial charge is 0.194 e. The van der Waals surface area contributed by atoms with E-state index < -0.39 is 0 Å². The summed E-state index contributed by atoms with van der Waals surface area (Å²) in [4.78, 5) is 12.5. The molecule has 0 spiro atoms. The highest BCUT2D eigenvalue weighted by molar-refractivity contribution is 6.36. The number of hydrogen-bond acceptors (Lipinski definition) is 1. The number of ketones is 1. The molecule has 3 heteroatoms. The van der Waals surface area contributed by atoms with E-state index in [9.17, 15) is 4.79 Å². The van der Waals surface area contributed by atoms with Crippen molar-refractivity contribution in [2.75, 3.05) is 0 Å². The summed E-state index contributed by atoms with van der Waals surface area (Å²) < 4.78 is 0. The number of carbonyl (C=O) groups is 1. The summed E-state index contributed by atoms with van der Waals surface area (Å²) in [6.45, 7) is 0. The molecule has 2 aromatic rings. The zero-order valence-electron chi connectivity index (χ0n) is 10.2. The molecule has 0 unspecified atom stereocenters. The average Bonchev–Trinajstić information content (AvgIpc) is 2.88. The largest absolute Gasteiger partial charge is 0.289 e. The molecule has 96 valence electrons. The van der Waals surface area contributed by atoms with E-state index >= 15 is 0 Å². The Morgan fingerprint density at radius 1 is 0.947 bits per heavy atom. The molecule has 0 amide bonds. The van der Waals surface area contributed by atoms with Crippen molar-refractivity contribution in [3.8, 4) is 0 Å². The maximum atomic E-state index is 12.5. The number of carbonyl (C=O) groups excluding carboxylic acids is 1. The maximum absolute atomic E-state index is 12.5. The highest BCUT2D eigenvalue weighted by Gasteiger charge is 2.17. The van der Waals surface area contributed by atoms with Crippen molar-refractivity contribution in [2.45, 2.75) is 19.3 Å². The van der Waals surface area contributed by atoms with Gasteiger partial charge in [0, 0.05) is 16.1 Å². The lowest BCUT2D eigenvalue weighted by Gasteiger charge is -2.06. The van der Waals surface area contributed by atoms with E-state index in [1.807, 2.05) is 18.2 Å². The molecule has 1 aliphatic carbocycles. The molecule has 0 heterocycles. The van der Waals surface area contributed by atoms with Gasteiger partial charge in [-0.1, -0.05) is 35.3 Å². The van der Waals surface area contributed by atoms with Gasteiger partial charge >= 0.3 is 0 Å². The molecule has 0 N–H and O–H groups in total. The number of rotatable bonds is 2. The van der Waals surface area contributed by atoms with Crippen LogP contribution in [0.5, 0.6) is 0 Å². The van der Waals surface area contributed by atoms with Gasteiger partial charge in [0.15, 0.2) is 5.78 Å². The first kappa shape index (κ1) is 12.7. The number of fused-ring (bicyclic) bond motifs is 1. The molecule has 0 saturated heterocycles. The molecule has 0 fully saturated rings. The van der Waals surface area contributed by atoms with Crippen LogP contribution in [0.15, 0.2) is 36.4 Å².